The van der Waals surface area contributed by atoms with Gasteiger partial charge < -0.3 is 23.9 Å². The van der Waals surface area contributed by atoms with Crippen LogP contribution in [-0.2, 0) is 11.3 Å². The van der Waals surface area contributed by atoms with E-state index in [1.165, 1.54) is 0 Å². The average molecular weight is 458 g/mol. The molecule has 1 aromatic heterocycles. The summed E-state index contributed by atoms with van der Waals surface area (Å²) in [6.45, 7) is 2.29. The maximum absolute atomic E-state index is 12.6. The fourth-order valence-corrected chi connectivity index (χ4v) is 3.90. The van der Waals surface area contributed by atoms with Crippen molar-refractivity contribution >= 4 is 22.4 Å². The number of furan rings is 1. The number of amides is 1. The van der Waals surface area contributed by atoms with Crippen molar-refractivity contribution < 1.29 is 23.4 Å². The summed E-state index contributed by atoms with van der Waals surface area (Å²) in [5.74, 6) is 1.94. The van der Waals surface area contributed by atoms with Gasteiger partial charge in [0.1, 0.15) is 22.8 Å². The highest BCUT2D eigenvalue weighted by Crippen LogP contribution is 2.40. The Morgan fingerprint density at radius 3 is 2.47 bits per heavy atom. The first-order valence-corrected chi connectivity index (χ1v) is 10.9. The summed E-state index contributed by atoms with van der Waals surface area (Å²) in [4.78, 5) is 12.6. The Morgan fingerprint density at radius 2 is 1.71 bits per heavy atom. The minimum Gasteiger partial charge on any atom is -0.497 e. The second-order valence-electron chi connectivity index (χ2n) is 7.79. The Labute approximate surface area is 198 Å². The fraction of sp³-hybridized carbons (Fsp3) is 0.179. The number of rotatable bonds is 8. The second kappa shape index (κ2) is 10.2. The highest BCUT2D eigenvalue weighted by atomic mass is 16.5. The van der Waals surface area contributed by atoms with Crippen LogP contribution < -0.4 is 19.5 Å². The van der Waals surface area contributed by atoms with E-state index in [1.54, 1.807) is 33.7 Å². The summed E-state index contributed by atoms with van der Waals surface area (Å²) in [5, 5.41) is 3.83. The topological polar surface area (TPSA) is 69.9 Å². The normalized spacial score (nSPS) is 11.4. The van der Waals surface area contributed by atoms with Crippen molar-refractivity contribution in [2.24, 2.45) is 0 Å². The van der Waals surface area contributed by atoms with E-state index in [1.807, 2.05) is 67.6 Å². The first-order chi connectivity index (χ1) is 16.5. The molecule has 0 spiro atoms. The van der Waals surface area contributed by atoms with Gasteiger partial charge in [0, 0.05) is 40.8 Å². The highest BCUT2D eigenvalue weighted by molar-refractivity contribution is 6.01. The molecular formula is C28H27NO5. The van der Waals surface area contributed by atoms with Gasteiger partial charge in [-0.05, 0) is 42.3 Å². The average Bonchev–Trinajstić information content (AvgIpc) is 3.29. The summed E-state index contributed by atoms with van der Waals surface area (Å²) >= 11 is 0. The lowest BCUT2D eigenvalue weighted by atomic mass is 9.98. The van der Waals surface area contributed by atoms with Crippen molar-refractivity contribution in [1.82, 2.24) is 5.32 Å². The monoisotopic (exact) mass is 457 g/mol. The Kier molecular flexibility index (Phi) is 6.87. The number of hydrogen-bond acceptors (Lipinski definition) is 5. The van der Waals surface area contributed by atoms with Crippen molar-refractivity contribution in [3.63, 3.8) is 0 Å². The molecule has 0 aliphatic carbocycles. The lowest BCUT2D eigenvalue weighted by Gasteiger charge is -2.11. The Morgan fingerprint density at radius 1 is 0.912 bits per heavy atom. The lowest BCUT2D eigenvalue weighted by Crippen LogP contribution is -2.20. The van der Waals surface area contributed by atoms with E-state index in [0.717, 1.165) is 44.7 Å². The molecule has 6 nitrogen and oxygen atoms in total. The van der Waals surface area contributed by atoms with Crippen molar-refractivity contribution in [3.8, 4) is 28.4 Å². The molecule has 0 atom stereocenters. The van der Waals surface area contributed by atoms with Crippen molar-refractivity contribution in [1.29, 1.82) is 0 Å². The highest BCUT2D eigenvalue weighted by Gasteiger charge is 2.17. The number of nitrogens with one attached hydrogen (secondary N) is 1. The van der Waals surface area contributed by atoms with Gasteiger partial charge in [-0.3, -0.25) is 4.79 Å². The molecule has 0 aliphatic rings. The van der Waals surface area contributed by atoms with Crippen molar-refractivity contribution in [2.45, 2.75) is 13.5 Å². The number of carbonyl (C=O) groups excluding carboxylic acids is 1. The second-order valence-corrected chi connectivity index (χ2v) is 7.79. The molecule has 1 N–H and O–H groups in total. The molecule has 1 heterocycles. The largest absolute Gasteiger partial charge is 0.497 e. The number of hydrogen-bond donors (Lipinski definition) is 1. The van der Waals surface area contributed by atoms with E-state index >= 15 is 0 Å². The number of carbonyl (C=O) groups is 1. The predicted octanol–water partition coefficient (Wildman–Crippen LogP) is 5.85. The van der Waals surface area contributed by atoms with E-state index in [9.17, 15) is 4.79 Å². The van der Waals surface area contributed by atoms with Gasteiger partial charge in [-0.15, -0.1) is 0 Å². The smallest absolute Gasteiger partial charge is 0.244 e. The molecule has 0 aliphatic heterocycles. The number of allylic oxidation sites excluding steroid dienone is 1. The van der Waals surface area contributed by atoms with Gasteiger partial charge in [0.05, 0.1) is 27.6 Å². The summed E-state index contributed by atoms with van der Waals surface area (Å²) in [5.41, 5.74) is 5.07. The molecule has 174 valence electrons. The van der Waals surface area contributed by atoms with Crippen LogP contribution in [-0.4, -0.2) is 27.2 Å². The molecule has 6 heteroatoms. The zero-order chi connectivity index (χ0) is 24.1. The van der Waals surface area contributed by atoms with Crippen LogP contribution in [0.5, 0.6) is 17.2 Å². The molecule has 4 aromatic rings. The van der Waals surface area contributed by atoms with Gasteiger partial charge in [-0.1, -0.05) is 30.3 Å². The van der Waals surface area contributed by atoms with E-state index < -0.39 is 0 Å². The third-order valence-electron chi connectivity index (χ3n) is 5.67. The number of para-hydroxylation sites is 1. The van der Waals surface area contributed by atoms with Crippen LogP contribution in [0.25, 0.3) is 27.7 Å². The van der Waals surface area contributed by atoms with Crippen LogP contribution in [0.4, 0.5) is 0 Å². The maximum Gasteiger partial charge on any atom is 0.244 e. The first kappa shape index (κ1) is 23.0. The fourth-order valence-electron chi connectivity index (χ4n) is 3.90. The van der Waals surface area contributed by atoms with Gasteiger partial charge in [-0.25, -0.2) is 0 Å². The van der Waals surface area contributed by atoms with E-state index in [0.29, 0.717) is 17.9 Å². The molecule has 0 fully saturated rings. The number of benzene rings is 3. The Hall–Kier alpha value is -4.19. The molecule has 34 heavy (non-hydrogen) atoms. The third kappa shape index (κ3) is 4.76. The number of ether oxygens (including phenoxy) is 3. The standard InChI is InChI=1S/C28H27NO5/c1-18(12-28(30)29-16-19-8-7-9-20(13-19)31-2)22-14-23-24(17-34-27(23)15-26(22)33-4)21-10-5-6-11-25(21)32-3/h5-15,17H,16H2,1-4H3,(H,29,30)/b18-12+. The van der Waals surface area contributed by atoms with Gasteiger partial charge in [0.25, 0.3) is 0 Å². The molecule has 0 unspecified atom stereocenters. The van der Waals surface area contributed by atoms with Crippen LogP contribution in [0.15, 0.2) is 77.4 Å². The summed E-state index contributed by atoms with van der Waals surface area (Å²) in [6.07, 6.45) is 3.29. The summed E-state index contributed by atoms with van der Waals surface area (Å²) in [7, 11) is 4.87. The SMILES string of the molecule is COc1cccc(CNC(=O)/C=C(\C)c2cc3c(-c4ccccc4OC)coc3cc2OC)c1. The van der Waals surface area contributed by atoms with E-state index in [-0.39, 0.29) is 5.91 Å². The predicted molar refractivity (Wildman–Crippen MR) is 133 cm³/mol. The van der Waals surface area contributed by atoms with Gasteiger partial charge in [-0.2, -0.15) is 0 Å². The van der Waals surface area contributed by atoms with E-state index in [2.05, 4.69) is 5.32 Å². The first-order valence-electron chi connectivity index (χ1n) is 10.9. The molecule has 4 rings (SSSR count). The zero-order valence-corrected chi connectivity index (χ0v) is 19.7. The number of fused-ring (bicyclic) bond motifs is 1. The minimum atomic E-state index is -0.195. The molecule has 3 aromatic carbocycles. The van der Waals surface area contributed by atoms with Gasteiger partial charge in [0.15, 0.2) is 0 Å². The summed E-state index contributed by atoms with van der Waals surface area (Å²) in [6, 6.07) is 19.2. The molecule has 0 radical (unpaired) electrons. The minimum absolute atomic E-state index is 0.195. The molecule has 1 amide bonds. The molecule has 0 saturated heterocycles. The van der Waals surface area contributed by atoms with Gasteiger partial charge >= 0.3 is 0 Å². The maximum atomic E-state index is 12.6. The Bertz CT molecular complexity index is 1350. The lowest BCUT2D eigenvalue weighted by molar-refractivity contribution is -0.116. The van der Waals surface area contributed by atoms with Crippen LogP contribution in [0.1, 0.15) is 18.1 Å². The molecular weight excluding hydrogens is 430 g/mol. The van der Waals surface area contributed by atoms with Crippen LogP contribution >= 0.6 is 0 Å². The van der Waals surface area contributed by atoms with Crippen molar-refractivity contribution in [3.05, 3.63) is 84.1 Å². The van der Waals surface area contributed by atoms with Crippen molar-refractivity contribution in [2.75, 3.05) is 21.3 Å². The molecule has 0 bridgehead atoms. The van der Waals surface area contributed by atoms with Crippen LogP contribution in [0.2, 0.25) is 0 Å². The number of methoxy groups -OCH3 is 3. The quantitative estimate of drug-likeness (QED) is 0.336. The molecule has 0 saturated carbocycles. The van der Waals surface area contributed by atoms with Gasteiger partial charge in [0.2, 0.25) is 5.91 Å². The Balaban J connectivity index is 1.64. The van der Waals surface area contributed by atoms with Crippen LogP contribution in [0, 0.1) is 0 Å². The third-order valence-corrected chi connectivity index (χ3v) is 5.67. The van der Waals surface area contributed by atoms with Crippen LogP contribution in [0.3, 0.4) is 0 Å². The van der Waals surface area contributed by atoms with E-state index in [4.69, 9.17) is 18.6 Å². The summed E-state index contributed by atoms with van der Waals surface area (Å²) < 4.78 is 22.2. The zero-order valence-electron chi connectivity index (χ0n) is 19.7.